The van der Waals surface area contributed by atoms with E-state index in [-0.39, 0.29) is 24.0 Å². The van der Waals surface area contributed by atoms with Gasteiger partial charge in [-0.2, -0.15) is 0 Å². The second kappa shape index (κ2) is 10.8. The highest BCUT2D eigenvalue weighted by Crippen LogP contribution is 2.18. The van der Waals surface area contributed by atoms with E-state index in [1.807, 2.05) is 7.05 Å². The zero-order valence-electron chi connectivity index (χ0n) is 15.9. The fourth-order valence-electron chi connectivity index (χ4n) is 3.40. The van der Waals surface area contributed by atoms with Crippen molar-refractivity contribution in [1.29, 1.82) is 0 Å². The van der Waals surface area contributed by atoms with E-state index in [1.54, 1.807) is 0 Å². The Hall–Kier alpha value is -0.120. The summed E-state index contributed by atoms with van der Waals surface area (Å²) in [5.41, 5.74) is 0. The summed E-state index contributed by atoms with van der Waals surface area (Å²) in [4.78, 5) is 9.40. The lowest BCUT2D eigenvalue weighted by molar-refractivity contribution is 0.000875. The van der Waals surface area contributed by atoms with Crippen molar-refractivity contribution < 1.29 is 4.74 Å². The average molecular weight is 453 g/mol. The van der Waals surface area contributed by atoms with E-state index in [0.29, 0.717) is 24.0 Å². The summed E-state index contributed by atoms with van der Waals surface area (Å²) < 4.78 is 5.49. The number of guanidine groups is 1. The van der Waals surface area contributed by atoms with Crippen LogP contribution in [0.15, 0.2) is 4.99 Å². The van der Waals surface area contributed by atoms with Crippen LogP contribution in [-0.4, -0.2) is 86.9 Å². The van der Waals surface area contributed by atoms with Crippen molar-refractivity contribution in [3.05, 3.63) is 0 Å². The standard InChI is InChI=1S/C17H35N5O.HI/c1-13(2)22-10-14(3)16(11-22)20-17(18-5)19-6-7-21-8-9-23-12-15(21)4;/h13-16H,6-12H2,1-5H3,(H2,18,19,20);1H. The van der Waals surface area contributed by atoms with Crippen LogP contribution < -0.4 is 10.6 Å². The highest BCUT2D eigenvalue weighted by atomic mass is 127. The van der Waals surface area contributed by atoms with E-state index in [1.165, 1.54) is 0 Å². The van der Waals surface area contributed by atoms with Crippen molar-refractivity contribution in [2.45, 2.75) is 45.8 Å². The first-order chi connectivity index (χ1) is 11.0. The molecule has 2 aliphatic heterocycles. The van der Waals surface area contributed by atoms with Gasteiger partial charge in [-0.1, -0.05) is 6.92 Å². The quantitative estimate of drug-likeness (QED) is 0.373. The van der Waals surface area contributed by atoms with Crippen molar-refractivity contribution >= 4 is 29.9 Å². The van der Waals surface area contributed by atoms with Gasteiger partial charge >= 0.3 is 0 Å². The molecule has 3 atom stereocenters. The van der Waals surface area contributed by atoms with Gasteiger partial charge in [-0.05, 0) is 26.7 Å². The van der Waals surface area contributed by atoms with Gasteiger partial charge in [-0.25, -0.2) is 0 Å². The third-order valence-electron chi connectivity index (χ3n) is 5.11. The Morgan fingerprint density at radius 3 is 2.62 bits per heavy atom. The summed E-state index contributed by atoms with van der Waals surface area (Å²) in [7, 11) is 1.85. The Bertz CT molecular complexity index is 393. The lowest BCUT2D eigenvalue weighted by Crippen LogP contribution is -2.50. The Kier molecular flexibility index (Phi) is 9.84. The van der Waals surface area contributed by atoms with Crippen LogP contribution in [0.4, 0.5) is 0 Å². The molecule has 2 aliphatic rings. The molecule has 7 heteroatoms. The van der Waals surface area contributed by atoms with Gasteiger partial charge in [-0.15, -0.1) is 24.0 Å². The third kappa shape index (κ3) is 6.31. The smallest absolute Gasteiger partial charge is 0.191 e. The number of likely N-dealkylation sites (tertiary alicyclic amines) is 1. The van der Waals surface area contributed by atoms with Gasteiger partial charge in [0.25, 0.3) is 0 Å². The van der Waals surface area contributed by atoms with Crippen LogP contribution in [0.3, 0.4) is 0 Å². The fourth-order valence-corrected chi connectivity index (χ4v) is 3.40. The van der Waals surface area contributed by atoms with E-state index >= 15 is 0 Å². The molecule has 142 valence electrons. The lowest BCUT2D eigenvalue weighted by atomic mass is 10.1. The largest absolute Gasteiger partial charge is 0.379 e. The zero-order chi connectivity index (χ0) is 16.8. The first kappa shape index (κ1) is 21.9. The second-order valence-corrected chi connectivity index (χ2v) is 7.23. The number of nitrogens with zero attached hydrogens (tertiary/aromatic N) is 3. The van der Waals surface area contributed by atoms with Crippen LogP contribution >= 0.6 is 24.0 Å². The van der Waals surface area contributed by atoms with Crippen LogP contribution in [0, 0.1) is 5.92 Å². The van der Waals surface area contributed by atoms with Crippen LogP contribution in [0.25, 0.3) is 0 Å². The van der Waals surface area contributed by atoms with E-state index < -0.39 is 0 Å². The molecule has 24 heavy (non-hydrogen) atoms. The van der Waals surface area contributed by atoms with Crippen molar-refractivity contribution in [1.82, 2.24) is 20.4 Å². The van der Waals surface area contributed by atoms with E-state index in [0.717, 1.165) is 51.9 Å². The third-order valence-corrected chi connectivity index (χ3v) is 5.11. The first-order valence-corrected chi connectivity index (χ1v) is 9.04. The van der Waals surface area contributed by atoms with Crippen molar-refractivity contribution in [3.63, 3.8) is 0 Å². The molecule has 0 radical (unpaired) electrons. The number of aliphatic imine (C=N–C) groups is 1. The molecule has 0 aromatic heterocycles. The molecular formula is C17H36IN5O. The van der Waals surface area contributed by atoms with Gasteiger partial charge in [0.15, 0.2) is 5.96 Å². The number of nitrogens with one attached hydrogen (secondary N) is 2. The maximum atomic E-state index is 5.49. The minimum atomic E-state index is 0. The number of ether oxygens (including phenoxy) is 1. The lowest BCUT2D eigenvalue weighted by Gasteiger charge is -2.33. The van der Waals surface area contributed by atoms with Crippen molar-refractivity contribution in [2.75, 3.05) is 53.0 Å². The topological polar surface area (TPSA) is 52.1 Å². The number of hydrogen-bond donors (Lipinski definition) is 2. The summed E-state index contributed by atoms with van der Waals surface area (Å²) in [6.45, 7) is 16.0. The number of halogens is 1. The molecule has 2 fully saturated rings. The summed E-state index contributed by atoms with van der Waals surface area (Å²) in [5.74, 6) is 1.57. The normalized spacial score (nSPS) is 29.6. The van der Waals surface area contributed by atoms with Gasteiger partial charge in [0.05, 0.1) is 13.2 Å². The highest BCUT2D eigenvalue weighted by Gasteiger charge is 2.31. The predicted octanol–water partition coefficient (Wildman–Crippen LogP) is 1.22. The molecule has 0 aliphatic carbocycles. The molecule has 0 amide bonds. The van der Waals surface area contributed by atoms with Gasteiger partial charge in [0.1, 0.15) is 0 Å². The maximum absolute atomic E-state index is 5.49. The number of hydrogen-bond acceptors (Lipinski definition) is 4. The molecule has 0 saturated carbocycles. The molecule has 0 aromatic rings. The monoisotopic (exact) mass is 453 g/mol. The molecule has 0 spiro atoms. The van der Waals surface area contributed by atoms with E-state index in [9.17, 15) is 0 Å². The minimum Gasteiger partial charge on any atom is -0.379 e. The Balaban J connectivity index is 0.00000288. The Labute approximate surface area is 164 Å². The molecular weight excluding hydrogens is 417 g/mol. The molecule has 0 bridgehead atoms. The van der Waals surface area contributed by atoms with Gasteiger partial charge < -0.3 is 15.4 Å². The fraction of sp³-hybridized carbons (Fsp3) is 0.941. The van der Waals surface area contributed by atoms with E-state index in [4.69, 9.17) is 4.74 Å². The molecule has 2 heterocycles. The molecule has 2 rings (SSSR count). The molecule has 6 nitrogen and oxygen atoms in total. The van der Waals surface area contributed by atoms with Gasteiger partial charge in [0, 0.05) is 57.9 Å². The predicted molar refractivity (Wildman–Crippen MR) is 111 cm³/mol. The summed E-state index contributed by atoms with van der Waals surface area (Å²) in [6.07, 6.45) is 0. The van der Waals surface area contributed by atoms with Crippen molar-refractivity contribution in [3.8, 4) is 0 Å². The summed E-state index contributed by atoms with van der Waals surface area (Å²) in [5, 5.41) is 7.07. The van der Waals surface area contributed by atoms with Crippen LogP contribution in [-0.2, 0) is 4.74 Å². The molecule has 2 N–H and O–H groups in total. The Morgan fingerprint density at radius 2 is 2.04 bits per heavy atom. The van der Waals surface area contributed by atoms with Gasteiger partial charge in [-0.3, -0.25) is 14.8 Å². The van der Waals surface area contributed by atoms with Gasteiger partial charge in [0.2, 0.25) is 0 Å². The minimum absolute atomic E-state index is 0. The first-order valence-electron chi connectivity index (χ1n) is 9.04. The number of morpholine rings is 1. The van der Waals surface area contributed by atoms with Crippen LogP contribution in [0.2, 0.25) is 0 Å². The molecule has 0 aromatic carbocycles. The highest BCUT2D eigenvalue weighted by molar-refractivity contribution is 14.0. The molecule has 2 saturated heterocycles. The average Bonchev–Trinajstić information content (AvgIpc) is 2.89. The summed E-state index contributed by atoms with van der Waals surface area (Å²) in [6, 6.07) is 1.60. The second-order valence-electron chi connectivity index (χ2n) is 7.23. The molecule has 3 unspecified atom stereocenters. The summed E-state index contributed by atoms with van der Waals surface area (Å²) >= 11 is 0. The SMILES string of the molecule is CN=C(NCCN1CCOCC1C)NC1CN(C(C)C)CC1C.I. The van der Waals surface area contributed by atoms with Crippen molar-refractivity contribution in [2.24, 2.45) is 10.9 Å². The maximum Gasteiger partial charge on any atom is 0.191 e. The zero-order valence-corrected chi connectivity index (χ0v) is 18.2. The van der Waals surface area contributed by atoms with Crippen LogP contribution in [0.5, 0.6) is 0 Å². The Morgan fingerprint density at radius 1 is 1.29 bits per heavy atom. The van der Waals surface area contributed by atoms with Crippen LogP contribution in [0.1, 0.15) is 27.7 Å². The van der Waals surface area contributed by atoms with E-state index in [2.05, 4.69) is 53.1 Å². The number of rotatable bonds is 5.